The lowest BCUT2D eigenvalue weighted by molar-refractivity contribution is -0.151. The Morgan fingerprint density at radius 2 is 1.91 bits per heavy atom. The summed E-state index contributed by atoms with van der Waals surface area (Å²) in [4.78, 5) is 45.8. The van der Waals surface area contributed by atoms with E-state index in [0.29, 0.717) is 31.6 Å². The van der Waals surface area contributed by atoms with Gasteiger partial charge in [0.05, 0.1) is 5.41 Å². The first-order valence-electron chi connectivity index (χ1n) is 11.8. The molecule has 1 unspecified atom stereocenters. The molecular formula is C24H32N4O5. The first-order chi connectivity index (χ1) is 16.0. The lowest BCUT2D eigenvalue weighted by Crippen LogP contribution is -2.45. The van der Waals surface area contributed by atoms with Crippen molar-refractivity contribution in [2.75, 3.05) is 32.7 Å². The van der Waals surface area contributed by atoms with Gasteiger partial charge in [-0.1, -0.05) is 12.8 Å². The Hall–Kier alpha value is -2.94. The van der Waals surface area contributed by atoms with Crippen molar-refractivity contribution in [1.82, 2.24) is 19.8 Å². The number of carbonyl (C=O) groups is 3. The Morgan fingerprint density at radius 3 is 2.58 bits per heavy atom. The predicted molar refractivity (Wildman–Crippen MR) is 122 cm³/mol. The number of piperidine rings is 1. The van der Waals surface area contributed by atoms with Crippen LogP contribution in [-0.4, -0.2) is 82.1 Å². The molecule has 1 spiro atoms. The van der Waals surface area contributed by atoms with Crippen LogP contribution < -0.4 is 0 Å². The Bertz CT molecular complexity index is 941. The van der Waals surface area contributed by atoms with Crippen molar-refractivity contribution in [3.05, 3.63) is 30.1 Å². The van der Waals surface area contributed by atoms with Crippen LogP contribution in [0.4, 0.5) is 0 Å². The number of nitrogens with one attached hydrogen (secondary N) is 1. The number of nitrogens with zero attached hydrogens (tertiary/aromatic N) is 3. The third-order valence-electron chi connectivity index (χ3n) is 7.12. The van der Waals surface area contributed by atoms with Crippen molar-refractivity contribution < 1.29 is 24.2 Å². The van der Waals surface area contributed by atoms with Crippen molar-refractivity contribution >= 4 is 29.4 Å². The summed E-state index contributed by atoms with van der Waals surface area (Å²) in [6.07, 6.45) is 8.98. The molecule has 3 fully saturated rings. The van der Waals surface area contributed by atoms with E-state index in [1.165, 1.54) is 25.7 Å². The molecule has 2 N–H and O–H groups in total. The van der Waals surface area contributed by atoms with Gasteiger partial charge >= 0.3 is 5.97 Å². The van der Waals surface area contributed by atoms with Gasteiger partial charge in [0.1, 0.15) is 17.4 Å². The van der Waals surface area contributed by atoms with Gasteiger partial charge in [-0.3, -0.25) is 19.3 Å². The van der Waals surface area contributed by atoms with Gasteiger partial charge in [0.25, 0.3) is 12.4 Å². The predicted octanol–water partition coefficient (Wildman–Crippen LogP) is 2.68. The molecular weight excluding hydrogens is 424 g/mol. The van der Waals surface area contributed by atoms with Crippen LogP contribution >= 0.6 is 0 Å². The smallest absolute Gasteiger partial charge is 0.312 e. The van der Waals surface area contributed by atoms with E-state index in [9.17, 15) is 9.59 Å². The third-order valence-corrected chi connectivity index (χ3v) is 7.12. The molecule has 3 saturated heterocycles. The van der Waals surface area contributed by atoms with E-state index in [1.807, 2.05) is 23.1 Å². The van der Waals surface area contributed by atoms with Gasteiger partial charge in [0.15, 0.2) is 0 Å². The number of likely N-dealkylation sites (tertiary alicyclic amines) is 2. The zero-order valence-electron chi connectivity index (χ0n) is 18.9. The standard InChI is InChI=1S/C23H30N4O3.CH2O2/c28-21(19-14-17-6-5-9-24-20(17)25-19)27-12-7-23(8-13-27)15-18(30-22(23)29)16-26-10-3-1-2-4-11-26;2-1-3/h5-6,9,14,18H,1-4,7-8,10-13,15-16H2,(H,24,25);1H,(H,2,3). The average molecular weight is 457 g/mol. The maximum absolute atomic E-state index is 13.0. The topological polar surface area (TPSA) is 116 Å². The molecule has 33 heavy (non-hydrogen) atoms. The number of rotatable bonds is 3. The van der Waals surface area contributed by atoms with Gasteiger partial charge in [0, 0.05) is 37.6 Å². The second kappa shape index (κ2) is 10.3. The average Bonchev–Trinajstić information content (AvgIpc) is 3.26. The van der Waals surface area contributed by atoms with Crippen molar-refractivity contribution in [3.63, 3.8) is 0 Å². The number of ether oxygens (including phenoxy) is 1. The number of pyridine rings is 1. The molecule has 5 rings (SSSR count). The molecule has 1 amide bonds. The number of fused-ring (bicyclic) bond motifs is 1. The zero-order chi connectivity index (χ0) is 23.3. The SMILES string of the molecule is O=C(c1cc2cccnc2[nH]1)N1CCC2(CC1)CC(CN1CCCCCC1)OC2=O.O=CO. The van der Waals surface area contributed by atoms with Gasteiger partial charge in [0.2, 0.25) is 0 Å². The number of hydrogen-bond donors (Lipinski definition) is 2. The zero-order valence-corrected chi connectivity index (χ0v) is 18.9. The van der Waals surface area contributed by atoms with E-state index in [0.717, 1.165) is 37.1 Å². The molecule has 9 heteroatoms. The number of H-pyrrole nitrogens is 1. The number of carbonyl (C=O) groups excluding carboxylic acids is 2. The summed E-state index contributed by atoms with van der Waals surface area (Å²) < 4.78 is 5.82. The van der Waals surface area contributed by atoms with Crippen LogP contribution in [0.5, 0.6) is 0 Å². The molecule has 0 radical (unpaired) electrons. The number of amides is 1. The van der Waals surface area contributed by atoms with E-state index in [4.69, 9.17) is 14.6 Å². The second-order valence-electron chi connectivity index (χ2n) is 9.25. The molecule has 1 atom stereocenters. The van der Waals surface area contributed by atoms with Crippen LogP contribution in [0.1, 0.15) is 55.4 Å². The first-order valence-corrected chi connectivity index (χ1v) is 11.8. The summed E-state index contributed by atoms with van der Waals surface area (Å²) in [5.41, 5.74) is 0.882. The summed E-state index contributed by atoms with van der Waals surface area (Å²) in [6, 6.07) is 5.67. The number of hydrogen-bond acceptors (Lipinski definition) is 6. The molecule has 0 aliphatic carbocycles. The summed E-state index contributed by atoms with van der Waals surface area (Å²) in [6.45, 7) is 4.02. The monoisotopic (exact) mass is 456 g/mol. The number of cyclic esters (lactones) is 1. The fraction of sp³-hybridized carbons (Fsp3) is 0.583. The van der Waals surface area contributed by atoms with Gasteiger partial charge in [-0.25, -0.2) is 4.98 Å². The van der Waals surface area contributed by atoms with Crippen molar-refractivity contribution in [1.29, 1.82) is 0 Å². The molecule has 5 heterocycles. The van der Waals surface area contributed by atoms with E-state index in [1.54, 1.807) is 6.20 Å². The Kier molecular flexibility index (Phi) is 7.27. The Balaban J connectivity index is 0.000000821. The molecule has 178 valence electrons. The molecule has 0 saturated carbocycles. The molecule has 9 nitrogen and oxygen atoms in total. The Labute approximate surface area is 193 Å². The van der Waals surface area contributed by atoms with E-state index < -0.39 is 5.41 Å². The van der Waals surface area contributed by atoms with Crippen molar-refractivity contribution in [2.45, 2.75) is 51.0 Å². The lowest BCUT2D eigenvalue weighted by atomic mass is 9.76. The minimum absolute atomic E-state index is 0.00219. The quantitative estimate of drug-likeness (QED) is 0.539. The highest BCUT2D eigenvalue weighted by molar-refractivity contribution is 5.97. The number of aromatic amines is 1. The normalized spacial score (nSPS) is 23.0. The molecule has 0 bridgehead atoms. The minimum Gasteiger partial charge on any atom is -0.483 e. The summed E-state index contributed by atoms with van der Waals surface area (Å²) in [5, 5.41) is 7.82. The maximum Gasteiger partial charge on any atom is 0.312 e. The van der Waals surface area contributed by atoms with Gasteiger partial charge in [-0.2, -0.15) is 0 Å². The highest BCUT2D eigenvalue weighted by atomic mass is 16.6. The largest absolute Gasteiger partial charge is 0.483 e. The van der Waals surface area contributed by atoms with Crippen LogP contribution in [-0.2, 0) is 14.3 Å². The number of esters is 1. The van der Waals surface area contributed by atoms with Crippen LogP contribution in [0.25, 0.3) is 11.0 Å². The third kappa shape index (κ3) is 5.19. The molecule has 3 aliphatic heterocycles. The second-order valence-corrected chi connectivity index (χ2v) is 9.25. The minimum atomic E-state index is -0.407. The molecule has 3 aliphatic rings. The number of carboxylic acid groups (broad SMARTS) is 1. The summed E-state index contributed by atoms with van der Waals surface area (Å²) in [7, 11) is 0. The maximum atomic E-state index is 13.0. The first kappa shape index (κ1) is 23.2. The Morgan fingerprint density at radius 1 is 1.21 bits per heavy atom. The number of aromatic nitrogens is 2. The molecule has 2 aromatic rings. The van der Waals surface area contributed by atoms with E-state index in [2.05, 4.69) is 14.9 Å². The summed E-state index contributed by atoms with van der Waals surface area (Å²) in [5.74, 6) is -0.0698. The lowest BCUT2D eigenvalue weighted by Gasteiger charge is -2.36. The van der Waals surface area contributed by atoms with Gasteiger partial charge < -0.3 is 19.7 Å². The highest BCUT2D eigenvalue weighted by Gasteiger charge is 2.51. The van der Waals surface area contributed by atoms with Crippen LogP contribution in [0.15, 0.2) is 24.4 Å². The van der Waals surface area contributed by atoms with Crippen molar-refractivity contribution in [2.24, 2.45) is 5.41 Å². The van der Waals surface area contributed by atoms with Crippen LogP contribution in [0, 0.1) is 5.41 Å². The fourth-order valence-corrected chi connectivity index (χ4v) is 5.34. The van der Waals surface area contributed by atoms with E-state index in [-0.39, 0.29) is 24.5 Å². The fourth-order valence-electron chi connectivity index (χ4n) is 5.34. The van der Waals surface area contributed by atoms with Gasteiger partial charge in [-0.15, -0.1) is 0 Å². The van der Waals surface area contributed by atoms with E-state index >= 15 is 0 Å². The van der Waals surface area contributed by atoms with Gasteiger partial charge in [-0.05, 0) is 57.0 Å². The van der Waals surface area contributed by atoms with Crippen LogP contribution in [0.2, 0.25) is 0 Å². The van der Waals surface area contributed by atoms with Crippen molar-refractivity contribution in [3.8, 4) is 0 Å². The summed E-state index contributed by atoms with van der Waals surface area (Å²) >= 11 is 0. The molecule has 2 aromatic heterocycles. The van der Waals surface area contributed by atoms with Crippen LogP contribution in [0.3, 0.4) is 0 Å². The highest BCUT2D eigenvalue weighted by Crippen LogP contribution is 2.43. The molecule has 0 aromatic carbocycles.